The van der Waals surface area contributed by atoms with Crippen molar-refractivity contribution in [1.82, 2.24) is 10.2 Å². The number of nitriles is 1. The molecule has 3 aromatic carbocycles. The highest BCUT2D eigenvalue weighted by atomic mass is 19.1. The number of hydrogen-bond acceptors (Lipinski definition) is 5. The smallest absolute Gasteiger partial charge is 0.230 e. The second-order valence-corrected chi connectivity index (χ2v) is 7.34. The highest BCUT2D eigenvalue weighted by Crippen LogP contribution is 2.31. The van der Waals surface area contributed by atoms with Gasteiger partial charge >= 0.3 is 0 Å². The number of carbonyl (C=O) groups excluding carboxylic acids is 1. The SMILES string of the molecule is N#Cc1cc(-c2ccc3[nH]nc(NC(=O)Cc4ccc5c(c4)OCCO5)c3c2)ccc1F. The molecule has 0 fully saturated rings. The van der Waals surface area contributed by atoms with Gasteiger partial charge in [0.25, 0.3) is 0 Å². The predicted octanol–water partition coefficient (Wildman–Crippen LogP) is 4.19. The van der Waals surface area contributed by atoms with Crippen molar-refractivity contribution in [3.63, 3.8) is 0 Å². The lowest BCUT2D eigenvalue weighted by Gasteiger charge is -2.18. The summed E-state index contributed by atoms with van der Waals surface area (Å²) < 4.78 is 24.7. The van der Waals surface area contributed by atoms with E-state index in [4.69, 9.17) is 14.7 Å². The Kier molecular flexibility index (Phi) is 4.92. The molecule has 0 saturated heterocycles. The molecule has 1 aromatic heterocycles. The third-order valence-electron chi connectivity index (χ3n) is 5.21. The second-order valence-electron chi connectivity index (χ2n) is 7.34. The Morgan fingerprint density at radius 2 is 1.84 bits per heavy atom. The Morgan fingerprint density at radius 1 is 1.06 bits per heavy atom. The maximum Gasteiger partial charge on any atom is 0.230 e. The molecule has 4 aromatic rings. The van der Waals surface area contributed by atoms with Gasteiger partial charge in [0.05, 0.1) is 17.5 Å². The third-order valence-corrected chi connectivity index (χ3v) is 5.21. The van der Waals surface area contributed by atoms with Crippen molar-refractivity contribution in [3.8, 4) is 28.7 Å². The highest BCUT2D eigenvalue weighted by Gasteiger charge is 2.15. The van der Waals surface area contributed by atoms with Gasteiger partial charge in [-0.25, -0.2) is 4.39 Å². The quantitative estimate of drug-likeness (QED) is 0.508. The lowest BCUT2D eigenvalue weighted by molar-refractivity contribution is -0.115. The van der Waals surface area contributed by atoms with Crippen LogP contribution in [0.1, 0.15) is 11.1 Å². The molecule has 1 aliphatic heterocycles. The van der Waals surface area contributed by atoms with Crippen molar-refractivity contribution >= 4 is 22.6 Å². The zero-order chi connectivity index (χ0) is 22.1. The fraction of sp³-hybridized carbons (Fsp3) is 0.125. The second kappa shape index (κ2) is 8.04. The zero-order valence-corrected chi connectivity index (χ0v) is 16.8. The van der Waals surface area contributed by atoms with Crippen LogP contribution in [0.25, 0.3) is 22.0 Å². The first-order valence-corrected chi connectivity index (χ1v) is 9.97. The number of aromatic nitrogens is 2. The van der Waals surface area contributed by atoms with Crippen molar-refractivity contribution in [2.45, 2.75) is 6.42 Å². The number of nitrogens with zero attached hydrogens (tertiary/aromatic N) is 2. The molecule has 1 amide bonds. The van der Waals surface area contributed by atoms with E-state index in [1.165, 1.54) is 12.1 Å². The van der Waals surface area contributed by atoms with Crippen LogP contribution in [0.15, 0.2) is 54.6 Å². The number of halogens is 1. The molecule has 0 aliphatic carbocycles. The Bertz CT molecular complexity index is 1390. The fourth-order valence-corrected chi connectivity index (χ4v) is 3.64. The Hall–Kier alpha value is -4.38. The van der Waals surface area contributed by atoms with Crippen LogP contribution in [0.4, 0.5) is 10.2 Å². The van der Waals surface area contributed by atoms with E-state index in [-0.39, 0.29) is 17.9 Å². The lowest BCUT2D eigenvalue weighted by atomic mass is 10.0. The van der Waals surface area contributed by atoms with Crippen molar-refractivity contribution in [2.24, 2.45) is 0 Å². The molecule has 158 valence electrons. The van der Waals surface area contributed by atoms with Crippen LogP contribution in [-0.2, 0) is 11.2 Å². The molecular weight excluding hydrogens is 411 g/mol. The van der Waals surface area contributed by atoms with Crippen molar-refractivity contribution in [2.75, 3.05) is 18.5 Å². The number of aromatic amines is 1. The van der Waals surface area contributed by atoms with Crippen LogP contribution < -0.4 is 14.8 Å². The molecule has 0 bridgehead atoms. The normalized spacial score (nSPS) is 12.4. The maximum absolute atomic E-state index is 13.7. The number of fused-ring (bicyclic) bond motifs is 2. The number of H-pyrrole nitrogens is 1. The number of amides is 1. The predicted molar refractivity (Wildman–Crippen MR) is 116 cm³/mol. The Balaban J connectivity index is 1.38. The van der Waals surface area contributed by atoms with Crippen LogP contribution >= 0.6 is 0 Å². The summed E-state index contributed by atoms with van der Waals surface area (Å²) in [7, 11) is 0. The Morgan fingerprint density at radius 3 is 2.69 bits per heavy atom. The highest BCUT2D eigenvalue weighted by molar-refractivity contribution is 6.01. The molecule has 5 rings (SSSR count). The fourth-order valence-electron chi connectivity index (χ4n) is 3.64. The number of rotatable bonds is 4. The summed E-state index contributed by atoms with van der Waals surface area (Å²) in [6, 6.07) is 17.2. The van der Waals surface area contributed by atoms with Crippen LogP contribution in [0.2, 0.25) is 0 Å². The van der Waals surface area contributed by atoms with E-state index in [1.807, 2.05) is 30.3 Å². The summed E-state index contributed by atoms with van der Waals surface area (Å²) in [5.74, 6) is 0.910. The van der Waals surface area contributed by atoms with Gasteiger partial charge in [0.1, 0.15) is 25.1 Å². The van der Waals surface area contributed by atoms with E-state index in [9.17, 15) is 9.18 Å². The largest absolute Gasteiger partial charge is 0.486 e. The molecule has 2 N–H and O–H groups in total. The summed E-state index contributed by atoms with van der Waals surface area (Å²) in [5.41, 5.74) is 2.98. The molecule has 0 unspecified atom stereocenters. The summed E-state index contributed by atoms with van der Waals surface area (Å²) >= 11 is 0. The third kappa shape index (κ3) is 3.72. The molecule has 7 nitrogen and oxygen atoms in total. The van der Waals surface area contributed by atoms with E-state index in [2.05, 4.69) is 15.5 Å². The molecule has 0 atom stereocenters. The van der Waals surface area contributed by atoms with Gasteiger partial charge in [-0.1, -0.05) is 18.2 Å². The lowest BCUT2D eigenvalue weighted by Crippen LogP contribution is -2.17. The maximum atomic E-state index is 13.7. The van der Waals surface area contributed by atoms with Crippen LogP contribution in [-0.4, -0.2) is 29.3 Å². The van der Waals surface area contributed by atoms with E-state index >= 15 is 0 Å². The standard InChI is InChI=1S/C24H17FN4O3/c25-19-4-2-15(11-17(19)13-26)16-3-5-20-18(12-16)24(29-28-20)27-23(30)10-14-1-6-21-22(9-14)32-8-7-31-21/h1-6,9,11-12H,7-8,10H2,(H2,27,28,29,30). The number of benzene rings is 3. The molecule has 32 heavy (non-hydrogen) atoms. The minimum Gasteiger partial charge on any atom is -0.486 e. The molecule has 0 saturated carbocycles. The van der Waals surface area contributed by atoms with Crippen molar-refractivity contribution in [3.05, 3.63) is 71.5 Å². The zero-order valence-electron chi connectivity index (χ0n) is 16.8. The molecule has 0 radical (unpaired) electrons. The first-order valence-electron chi connectivity index (χ1n) is 9.97. The summed E-state index contributed by atoms with van der Waals surface area (Å²) in [4.78, 5) is 12.7. The first kappa shape index (κ1) is 19.6. The van der Waals surface area contributed by atoms with Gasteiger partial charge in [-0.15, -0.1) is 0 Å². The number of carbonyl (C=O) groups is 1. The first-order chi connectivity index (χ1) is 15.6. The summed E-state index contributed by atoms with van der Waals surface area (Å²) in [5, 5.41) is 19.7. The van der Waals surface area contributed by atoms with E-state index in [0.29, 0.717) is 41.5 Å². The van der Waals surface area contributed by atoms with Gasteiger partial charge < -0.3 is 14.8 Å². The number of ether oxygens (including phenoxy) is 2. The molecular formula is C24H17FN4O3. The summed E-state index contributed by atoms with van der Waals surface area (Å²) in [6.45, 7) is 0.991. The minimum atomic E-state index is -0.562. The van der Waals surface area contributed by atoms with Gasteiger partial charge in [0.15, 0.2) is 17.3 Å². The van der Waals surface area contributed by atoms with E-state index in [1.54, 1.807) is 18.2 Å². The van der Waals surface area contributed by atoms with Gasteiger partial charge in [-0.2, -0.15) is 10.4 Å². The van der Waals surface area contributed by atoms with E-state index in [0.717, 1.165) is 16.6 Å². The minimum absolute atomic E-state index is 0.0252. The monoisotopic (exact) mass is 428 g/mol. The van der Waals surface area contributed by atoms with Crippen molar-refractivity contribution < 1.29 is 18.7 Å². The summed E-state index contributed by atoms with van der Waals surface area (Å²) in [6.07, 6.45) is 0.147. The van der Waals surface area contributed by atoms with Gasteiger partial charge in [-0.3, -0.25) is 9.89 Å². The van der Waals surface area contributed by atoms with E-state index < -0.39 is 5.82 Å². The van der Waals surface area contributed by atoms with Crippen LogP contribution in [0, 0.1) is 17.1 Å². The molecule has 1 aliphatic rings. The topological polar surface area (TPSA) is 100 Å². The van der Waals surface area contributed by atoms with Gasteiger partial charge in [-0.05, 0) is 53.1 Å². The average molecular weight is 428 g/mol. The molecule has 8 heteroatoms. The van der Waals surface area contributed by atoms with Crippen LogP contribution in [0.5, 0.6) is 11.5 Å². The average Bonchev–Trinajstić information content (AvgIpc) is 3.21. The number of anilines is 1. The van der Waals surface area contributed by atoms with Gasteiger partial charge in [0.2, 0.25) is 5.91 Å². The van der Waals surface area contributed by atoms with Crippen molar-refractivity contribution in [1.29, 1.82) is 5.26 Å². The molecule has 0 spiro atoms. The Labute approximate surface area is 182 Å². The van der Waals surface area contributed by atoms with Gasteiger partial charge in [0, 0.05) is 5.39 Å². The van der Waals surface area contributed by atoms with Crippen LogP contribution in [0.3, 0.4) is 0 Å². The molecule has 2 heterocycles. The number of hydrogen-bond donors (Lipinski definition) is 2. The number of nitrogens with one attached hydrogen (secondary N) is 2.